The van der Waals surface area contributed by atoms with E-state index < -0.39 is 15.8 Å². The Bertz CT molecular complexity index is 1230. The highest BCUT2D eigenvalue weighted by atomic mass is 32.2. The number of likely N-dealkylation sites (N-methyl/N-ethyl adjacent to an activating group) is 1. The van der Waals surface area contributed by atoms with E-state index in [1.54, 1.807) is 48.5 Å². The minimum Gasteiger partial charge on any atom is -0.497 e. The third kappa shape index (κ3) is 6.55. The van der Waals surface area contributed by atoms with Gasteiger partial charge in [0.15, 0.2) is 0 Å². The SMILES string of the molecule is COc1ccc(NS(=O)(=O)c2cccc(C(=O)N(CCN(C)C)Cc3ccccc3F)c2)cc1. The molecule has 0 saturated heterocycles. The van der Waals surface area contributed by atoms with E-state index in [-0.39, 0.29) is 22.9 Å². The van der Waals surface area contributed by atoms with E-state index in [1.807, 2.05) is 19.0 Å². The third-order valence-corrected chi connectivity index (χ3v) is 6.54. The topological polar surface area (TPSA) is 78.9 Å². The summed E-state index contributed by atoms with van der Waals surface area (Å²) in [7, 11) is 1.35. The maximum absolute atomic E-state index is 14.2. The molecule has 0 unspecified atom stereocenters. The van der Waals surface area contributed by atoms with Crippen LogP contribution in [-0.4, -0.2) is 58.4 Å². The second kappa shape index (κ2) is 11.1. The molecule has 0 heterocycles. The molecule has 3 aromatic rings. The second-order valence-corrected chi connectivity index (χ2v) is 9.67. The maximum atomic E-state index is 14.2. The van der Waals surface area contributed by atoms with Crippen molar-refractivity contribution in [3.05, 3.63) is 89.7 Å². The zero-order valence-electron chi connectivity index (χ0n) is 19.4. The smallest absolute Gasteiger partial charge is 0.261 e. The van der Waals surface area contributed by atoms with Crippen LogP contribution in [0.5, 0.6) is 5.75 Å². The van der Waals surface area contributed by atoms with Gasteiger partial charge in [-0.05, 0) is 62.6 Å². The van der Waals surface area contributed by atoms with Crippen molar-refractivity contribution in [1.29, 1.82) is 0 Å². The van der Waals surface area contributed by atoms with Crippen LogP contribution in [0.15, 0.2) is 77.7 Å². The van der Waals surface area contributed by atoms with Crippen LogP contribution in [0.1, 0.15) is 15.9 Å². The Morgan fingerprint density at radius 2 is 1.68 bits per heavy atom. The molecule has 0 aromatic heterocycles. The Kier molecular flexibility index (Phi) is 8.25. The summed E-state index contributed by atoms with van der Waals surface area (Å²) in [4.78, 5) is 16.7. The number of anilines is 1. The van der Waals surface area contributed by atoms with Gasteiger partial charge in [0.1, 0.15) is 11.6 Å². The summed E-state index contributed by atoms with van der Waals surface area (Å²) in [6.45, 7) is 0.985. The lowest BCUT2D eigenvalue weighted by atomic mass is 10.1. The number of rotatable bonds is 10. The minimum absolute atomic E-state index is 0.0485. The minimum atomic E-state index is -3.94. The van der Waals surface area contributed by atoms with Gasteiger partial charge >= 0.3 is 0 Å². The van der Waals surface area contributed by atoms with Crippen LogP contribution in [0, 0.1) is 5.82 Å². The van der Waals surface area contributed by atoms with Crippen LogP contribution in [0.25, 0.3) is 0 Å². The molecule has 0 radical (unpaired) electrons. The molecule has 0 bridgehead atoms. The Morgan fingerprint density at radius 3 is 2.32 bits per heavy atom. The van der Waals surface area contributed by atoms with Crippen molar-refractivity contribution in [1.82, 2.24) is 9.80 Å². The van der Waals surface area contributed by atoms with Gasteiger partial charge in [-0.1, -0.05) is 24.3 Å². The van der Waals surface area contributed by atoms with E-state index in [0.717, 1.165) is 0 Å². The number of amides is 1. The van der Waals surface area contributed by atoms with Crippen LogP contribution in [0.4, 0.5) is 10.1 Å². The van der Waals surface area contributed by atoms with Crippen molar-refractivity contribution in [2.45, 2.75) is 11.4 Å². The van der Waals surface area contributed by atoms with Crippen molar-refractivity contribution < 1.29 is 22.3 Å². The molecule has 34 heavy (non-hydrogen) atoms. The molecule has 0 aliphatic carbocycles. The number of nitrogens with zero attached hydrogens (tertiary/aromatic N) is 2. The lowest BCUT2D eigenvalue weighted by Gasteiger charge is -2.25. The second-order valence-electron chi connectivity index (χ2n) is 7.98. The molecule has 7 nitrogen and oxygen atoms in total. The Labute approximate surface area is 199 Å². The summed E-state index contributed by atoms with van der Waals surface area (Å²) < 4.78 is 47.7. The molecular formula is C25H28FN3O4S. The van der Waals surface area contributed by atoms with Gasteiger partial charge in [-0.15, -0.1) is 0 Å². The lowest BCUT2D eigenvalue weighted by molar-refractivity contribution is 0.0730. The standard InChI is InChI=1S/C25H28FN3O4S/c1-28(2)15-16-29(18-20-7-4-5-10-24(20)26)25(30)19-8-6-9-23(17-19)34(31,32)27-21-11-13-22(33-3)14-12-21/h4-14,17,27H,15-16,18H2,1-3H3. The van der Waals surface area contributed by atoms with E-state index in [2.05, 4.69) is 4.72 Å². The number of carbonyl (C=O) groups excluding carboxylic acids is 1. The summed E-state index contributed by atoms with van der Waals surface area (Å²) in [6.07, 6.45) is 0. The molecule has 9 heteroatoms. The zero-order valence-corrected chi connectivity index (χ0v) is 20.2. The first-order valence-corrected chi connectivity index (χ1v) is 12.1. The van der Waals surface area contributed by atoms with Gasteiger partial charge in [-0.2, -0.15) is 0 Å². The number of nitrogens with one attached hydrogen (secondary N) is 1. The average molecular weight is 486 g/mol. The monoisotopic (exact) mass is 485 g/mol. The molecule has 0 saturated carbocycles. The van der Waals surface area contributed by atoms with Crippen molar-refractivity contribution in [2.24, 2.45) is 0 Å². The highest BCUT2D eigenvalue weighted by molar-refractivity contribution is 7.92. The Morgan fingerprint density at radius 1 is 0.971 bits per heavy atom. The van der Waals surface area contributed by atoms with E-state index in [1.165, 1.54) is 36.3 Å². The van der Waals surface area contributed by atoms with Crippen molar-refractivity contribution in [3.8, 4) is 5.75 Å². The van der Waals surface area contributed by atoms with Gasteiger partial charge in [-0.3, -0.25) is 9.52 Å². The third-order valence-electron chi connectivity index (χ3n) is 5.16. The fourth-order valence-electron chi connectivity index (χ4n) is 3.26. The molecule has 0 spiro atoms. The summed E-state index contributed by atoms with van der Waals surface area (Å²) in [5.74, 6) is -0.181. The lowest BCUT2D eigenvalue weighted by Crippen LogP contribution is -2.36. The first-order chi connectivity index (χ1) is 16.2. The number of sulfonamides is 1. The first kappa shape index (κ1) is 25.2. The van der Waals surface area contributed by atoms with Crippen LogP contribution < -0.4 is 9.46 Å². The molecule has 0 aliphatic heterocycles. The summed E-state index contributed by atoms with van der Waals surface area (Å²) in [5.41, 5.74) is 0.956. The summed E-state index contributed by atoms with van der Waals surface area (Å²) in [5, 5.41) is 0. The number of ether oxygens (including phenoxy) is 1. The molecular weight excluding hydrogens is 457 g/mol. The van der Waals surface area contributed by atoms with Crippen molar-refractivity contribution in [3.63, 3.8) is 0 Å². The predicted molar refractivity (Wildman–Crippen MR) is 130 cm³/mol. The van der Waals surface area contributed by atoms with Crippen LogP contribution in [0.2, 0.25) is 0 Å². The predicted octanol–water partition coefficient (Wildman–Crippen LogP) is 3.84. The fourth-order valence-corrected chi connectivity index (χ4v) is 4.36. The zero-order chi connectivity index (χ0) is 24.7. The van der Waals surface area contributed by atoms with Gasteiger partial charge < -0.3 is 14.5 Å². The van der Waals surface area contributed by atoms with Crippen LogP contribution in [-0.2, 0) is 16.6 Å². The van der Waals surface area contributed by atoms with Gasteiger partial charge in [0.2, 0.25) is 0 Å². The van der Waals surface area contributed by atoms with Gasteiger partial charge in [0.05, 0.1) is 12.0 Å². The summed E-state index contributed by atoms with van der Waals surface area (Å²) >= 11 is 0. The fraction of sp³-hybridized carbons (Fsp3) is 0.240. The number of hydrogen-bond donors (Lipinski definition) is 1. The molecule has 1 amide bonds. The molecule has 3 rings (SSSR count). The Hall–Kier alpha value is -3.43. The molecule has 0 fully saturated rings. The number of halogens is 1. The summed E-state index contributed by atoms with van der Waals surface area (Å²) in [6, 6.07) is 18.6. The normalized spacial score (nSPS) is 11.3. The largest absolute Gasteiger partial charge is 0.497 e. The van der Waals surface area contributed by atoms with Crippen LogP contribution >= 0.6 is 0 Å². The quantitative estimate of drug-likeness (QED) is 0.472. The Balaban J connectivity index is 1.85. The van der Waals surface area contributed by atoms with E-state index in [4.69, 9.17) is 4.74 Å². The number of benzene rings is 3. The van der Waals surface area contributed by atoms with Gasteiger partial charge in [0, 0.05) is 36.4 Å². The first-order valence-electron chi connectivity index (χ1n) is 10.6. The highest BCUT2D eigenvalue weighted by Gasteiger charge is 2.21. The van der Waals surface area contributed by atoms with E-state index in [0.29, 0.717) is 30.1 Å². The number of hydrogen-bond acceptors (Lipinski definition) is 5. The molecule has 0 aliphatic rings. The van der Waals surface area contributed by atoms with Crippen LogP contribution in [0.3, 0.4) is 0 Å². The maximum Gasteiger partial charge on any atom is 0.261 e. The molecule has 3 aromatic carbocycles. The van der Waals surface area contributed by atoms with Gasteiger partial charge in [0.25, 0.3) is 15.9 Å². The molecule has 0 atom stereocenters. The number of methoxy groups -OCH3 is 1. The average Bonchev–Trinajstić information content (AvgIpc) is 2.82. The van der Waals surface area contributed by atoms with Crippen molar-refractivity contribution >= 4 is 21.6 Å². The highest BCUT2D eigenvalue weighted by Crippen LogP contribution is 2.21. The molecule has 1 N–H and O–H groups in total. The van der Waals surface area contributed by atoms with Crippen molar-refractivity contribution in [2.75, 3.05) is 39.0 Å². The van der Waals surface area contributed by atoms with E-state index in [9.17, 15) is 17.6 Å². The van der Waals surface area contributed by atoms with Gasteiger partial charge in [-0.25, -0.2) is 12.8 Å². The number of carbonyl (C=O) groups is 1. The van der Waals surface area contributed by atoms with E-state index >= 15 is 0 Å². The molecule has 180 valence electrons.